The molecule has 0 aliphatic carbocycles. The average molecular weight is 178 g/mol. The highest BCUT2D eigenvalue weighted by Crippen LogP contribution is 2.53. The molecule has 3 fully saturated rings. The fourth-order valence-corrected chi connectivity index (χ4v) is 2.60. The van der Waals surface area contributed by atoms with E-state index < -0.39 is 8.60 Å². The lowest BCUT2D eigenvalue weighted by atomic mass is 9.93. The van der Waals surface area contributed by atoms with E-state index >= 15 is 0 Å². The van der Waals surface area contributed by atoms with E-state index in [9.17, 15) is 0 Å². The van der Waals surface area contributed by atoms with Crippen molar-refractivity contribution in [1.82, 2.24) is 0 Å². The van der Waals surface area contributed by atoms with Gasteiger partial charge in [0.25, 0.3) is 0 Å². The Morgan fingerprint density at radius 3 is 2.27 bits per heavy atom. The van der Waals surface area contributed by atoms with Crippen molar-refractivity contribution in [3.8, 4) is 0 Å². The predicted molar refractivity (Wildman–Crippen MR) is 39.1 cm³/mol. The number of hydrogen-bond acceptors (Lipinski definition) is 4. The van der Waals surface area contributed by atoms with Crippen molar-refractivity contribution in [2.45, 2.75) is 0 Å². The van der Waals surface area contributed by atoms with E-state index in [4.69, 9.17) is 18.3 Å². The van der Waals surface area contributed by atoms with Crippen LogP contribution in [0.25, 0.3) is 0 Å². The fraction of sp³-hybridized carbons (Fsp3) is 1.00. The molecule has 64 valence electrons. The summed E-state index contributed by atoms with van der Waals surface area (Å²) in [7, 11) is 0.680. The number of hydrogen-bond donors (Lipinski definition) is 0. The summed E-state index contributed by atoms with van der Waals surface area (Å²) in [5.41, 5.74) is -0.0359. The summed E-state index contributed by atoms with van der Waals surface area (Å²) >= 11 is 0. The van der Waals surface area contributed by atoms with Gasteiger partial charge in [-0.3, -0.25) is 0 Å². The van der Waals surface area contributed by atoms with Crippen molar-refractivity contribution < 1.29 is 18.3 Å². The van der Waals surface area contributed by atoms with Gasteiger partial charge in [-0.05, 0) is 0 Å². The number of methoxy groups -OCH3 is 1. The van der Waals surface area contributed by atoms with E-state index in [1.807, 2.05) is 0 Å². The van der Waals surface area contributed by atoms with Crippen molar-refractivity contribution in [2.24, 2.45) is 5.41 Å². The fourth-order valence-electron chi connectivity index (χ4n) is 1.24. The van der Waals surface area contributed by atoms with Crippen LogP contribution in [0, 0.1) is 5.41 Å². The quantitative estimate of drug-likeness (QED) is 0.589. The number of fused-ring (bicyclic) bond motifs is 3. The zero-order valence-corrected chi connectivity index (χ0v) is 7.30. The molecule has 0 aromatic heterocycles. The van der Waals surface area contributed by atoms with E-state index in [1.54, 1.807) is 7.11 Å². The van der Waals surface area contributed by atoms with Crippen LogP contribution in [-0.2, 0) is 18.3 Å². The molecule has 5 heteroatoms. The van der Waals surface area contributed by atoms with Crippen LogP contribution in [0.3, 0.4) is 0 Å². The lowest BCUT2D eigenvalue weighted by molar-refractivity contribution is -0.104. The standard InChI is InChI=1S/C6H11O4P/c1-7-2-6-3-8-11(9-4-6)10-5-6/h2-5H2,1H3. The summed E-state index contributed by atoms with van der Waals surface area (Å²) in [5, 5.41) is 0. The zero-order valence-electron chi connectivity index (χ0n) is 6.41. The van der Waals surface area contributed by atoms with Crippen molar-refractivity contribution in [3.05, 3.63) is 0 Å². The van der Waals surface area contributed by atoms with Gasteiger partial charge in [-0.2, -0.15) is 0 Å². The molecule has 0 atom stereocenters. The van der Waals surface area contributed by atoms with Gasteiger partial charge in [0.15, 0.2) is 0 Å². The maximum Gasteiger partial charge on any atom is 0.332 e. The highest BCUT2D eigenvalue weighted by molar-refractivity contribution is 7.41. The highest BCUT2D eigenvalue weighted by atomic mass is 31.2. The van der Waals surface area contributed by atoms with Crippen LogP contribution >= 0.6 is 8.60 Å². The second-order valence-electron chi connectivity index (χ2n) is 2.98. The Kier molecular flexibility index (Phi) is 2.12. The van der Waals surface area contributed by atoms with Gasteiger partial charge in [0.1, 0.15) is 0 Å². The van der Waals surface area contributed by atoms with Crippen molar-refractivity contribution in [3.63, 3.8) is 0 Å². The molecule has 0 aromatic carbocycles. The third-order valence-electron chi connectivity index (χ3n) is 1.88. The first-order valence-electron chi connectivity index (χ1n) is 3.52. The molecule has 3 aliphatic heterocycles. The lowest BCUT2D eigenvalue weighted by Gasteiger charge is -2.43. The Morgan fingerprint density at radius 2 is 1.82 bits per heavy atom. The summed E-state index contributed by atoms with van der Waals surface area (Å²) in [4.78, 5) is 0. The molecule has 0 amide bonds. The van der Waals surface area contributed by atoms with Crippen LogP contribution in [0.4, 0.5) is 0 Å². The van der Waals surface area contributed by atoms with Gasteiger partial charge in [0.05, 0.1) is 31.8 Å². The predicted octanol–water partition coefficient (Wildman–Crippen LogP) is 0.923. The minimum Gasteiger partial charge on any atom is -0.384 e. The van der Waals surface area contributed by atoms with E-state index in [0.29, 0.717) is 26.4 Å². The van der Waals surface area contributed by atoms with Crippen LogP contribution in [0.1, 0.15) is 0 Å². The molecule has 3 rings (SSSR count). The lowest BCUT2D eigenvalue weighted by Crippen LogP contribution is -2.46. The van der Waals surface area contributed by atoms with Crippen molar-refractivity contribution in [1.29, 1.82) is 0 Å². The SMILES string of the molecule is COCC12COP(OC1)OC2. The molecule has 0 spiro atoms. The van der Waals surface area contributed by atoms with Gasteiger partial charge in [-0.1, -0.05) is 0 Å². The topological polar surface area (TPSA) is 36.9 Å². The molecule has 3 heterocycles. The van der Waals surface area contributed by atoms with Crippen LogP contribution in [0.15, 0.2) is 0 Å². The zero-order chi connectivity index (χ0) is 7.73. The van der Waals surface area contributed by atoms with Gasteiger partial charge in [0.2, 0.25) is 0 Å². The summed E-state index contributed by atoms with van der Waals surface area (Å²) in [6.07, 6.45) is 0. The maximum absolute atomic E-state index is 5.27. The normalized spacial score (nSPS) is 42.8. The summed E-state index contributed by atoms with van der Waals surface area (Å²) in [6.45, 7) is 2.79. The molecule has 11 heavy (non-hydrogen) atoms. The van der Waals surface area contributed by atoms with E-state index in [1.165, 1.54) is 0 Å². The molecule has 2 bridgehead atoms. The van der Waals surface area contributed by atoms with Gasteiger partial charge < -0.3 is 18.3 Å². The largest absolute Gasteiger partial charge is 0.384 e. The van der Waals surface area contributed by atoms with Crippen molar-refractivity contribution in [2.75, 3.05) is 33.5 Å². The first-order valence-corrected chi connectivity index (χ1v) is 4.62. The Morgan fingerprint density at radius 1 is 1.27 bits per heavy atom. The Labute approximate surface area is 66.8 Å². The second kappa shape index (κ2) is 2.96. The minimum absolute atomic E-state index is 0.0359. The third kappa shape index (κ3) is 1.42. The molecule has 4 nitrogen and oxygen atoms in total. The maximum atomic E-state index is 5.27. The molecule has 0 unspecified atom stereocenters. The summed E-state index contributed by atoms with van der Waals surface area (Å²) in [6, 6.07) is 0. The Bertz CT molecular complexity index is 124. The highest BCUT2D eigenvalue weighted by Gasteiger charge is 2.44. The van der Waals surface area contributed by atoms with Crippen LogP contribution < -0.4 is 0 Å². The summed E-state index contributed by atoms with van der Waals surface area (Å²) < 4.78 is 20.9. The average Bonchev–Trinajstić information content (AvgIpc) is 2.07. The van der Waals surface area contributed by atoms with E-state index in [0.717, 1.165) is 0 Å². The Balaban J connectivity index is 2.00. The molecular weight excluding hydrogens is 167 g/mol. The second-order valence-corrected chi connectivity index (χ2v) is 4.20. The molecule has 0 saturated carbocycles. The van der Waals surface area contributed by atoms with Gasteiger partial charge in [-0.15, -0.1) is 0 Å². The summed E-state index contributed by atoms with van der Waals surface area (Å²) in [5.74, 6) is 0. The van der Waals surface area contributed by atoms with Crippen LogP contribution in [-0.4, -0.2) is 33.5 Å². The van der Waals surface area contributed by atoms with E-state index in [-0.39, 0.29) is 5.41 Å². The van der Waals surface area contributed by atoms with Gasteiger partial charge in [-0.25, -0.2) is 0 Å². The third-order valence-corrected chi connectivity index (χ3v) is 2.90. The van der Waals surface area contributed by atoms with Gasteiger partial charge in [0, 0.05) is 7.11 Å². The van der Waals surface area contributed by atoms with E-state index in [2.05, 4.69) is 0 Å². The minimum atomic E-state index is -1.00. The molecular formula is C6H11O4P. The molecule has 0 aromatic rings. The molecule has 3 saturated heterocycles. The Hall–Kier alpha value is 0.270. The first kappa shape index (κ1) is 7.90. The molecule has 3 aliphatic rings. The van der Waals surface area contributed by atoms with Crippen LogP contribution in [0.2, 0.25) is 0 Å². The first-order chi connectivity index (χ1) is 5.35. The molecule has 0 radical (unpaired) electrons. The molecule has 0 N–H and O–H groups in total. The number of rotatable bonds is 2. The van der Waals surface area contributed by atoms with Gasteiger partial charge >= 0.3 is 8.60 Å². The monoisotopic (exact) mass is 178 g/mol. The smallest absolute Gasteiger partial charge is 0.332 e. The number of ether oxygens (including phenoxy) is 1. The van der Waals surface area contributed by atoms with Crippen LogP contribution in [0.5, 0.6) is 0 Å². The van der Waals surface area contributed by atoms with Crippen molar-refractivity contribution >= 4 is 8.60 Å².